The molecular formula is C12H17F3N4O3. The van der Waals surface area contributed by atoms with Gasteiger partial charge in [0.1, 0.15) is 12.3 Å². The monoisotopic (exact) mass is 322 g/mol. The molecule has 0 aromatic carbocycles. The smallest absolute Gasteiger partial charge is 0.360 e. The van der Waals surface area contributed by atoms with Crippen molar-refractivity contribution in [2.24, 2.45) is 0 Å². The lowest BCUT2D eigenvalue weighted by Gasteiger charge is -2.23. The average molecular weight is 322 g/mol. The number of nitrogens with one attached hydrogen (secondary N) is 2. The highest BCUT2D eigenvalue weighted by atomic mass is 19.4. The Morgan fingerprint density at radius 3 is 2.59 bits per heavy atom. The molecule has 1 rings (SSSR count). The lowest BCUT2D eigenvalue weighted by molar-refractivity contribution is -0.141. The molecule has 124 valence electrons. The van der Waals surface area contributed by atoms with Gasteiger partial charge in [-0.05, 0) is 20.9 Å². The van der Waals surface area contributed by atoms with Crippen LogP contribution >= 0.6 is 0 Å². The number of aryl methyl sites for hydroxylation is 1. The fourth-order valence-corrected chi connectivity index (χ4v) is 1.51. The van der Waals surface area contributed by atoms with Gasteiger partial charge in [0.05, 0.1) is 12.6 Å². The molecular weight excluding hydrogens is 305 g/mol. The third-order valence-corrected chi connectivity index (χ3v) is 2.79. The summed E-state index contributed by atoms with van der Waals surface area (Å²) in [5, 5.41) is 7.78. The maximum absolute atomic E-state index is 12.0. The van der Waals surface area contributed by atoms with Gasteiger partial charge < -0.3 is 15.2 Å². The fraction of sp³-hybridized carbons (Fsp3) is 0.583. The highest BCUT2D eigenvalue weighted by Crippen LogP contribution is 2.12. The van der Waals surface area contributed by atoms with E-state index in [1.165, 1.54) is 24.9 Å². The van der Waals surface area contributed by atoms with Gasteiger partial charge in [-0.2, -0.15) is 13.2 Å². The topological polar surface area (TPSA) is 87.5 Å². The van der Waals surface area contributed by atoms with Crippen LogP contribution in [0.15, 0.2) is 10.6 Å². The highest BCUT2D eigenvalue weighted by Gasteiger charge is 2.29. The van der Waals surface area contributed by atoms with E-state index in [2.05, 4.69) is 10.5 Å². The molecule has 1 aromatic rings. The Hall–Kier alpha value is -2.10. The van der Waals surface area contributed by atoms with E-state index in [0.717, 1.165) is 0 Å². The zero-order valence-electron chi connectivity index (χ0n) is 12.3. The number of anilines is 1. The summed E-state index contributed by atoms with van der Waals surface area (Å²) >= 11 is 0. The molecule has 0 bridgehead atoms. The molecule has 0 aliphatic heterocycles. The SMILES string of the molecule is Cc1cc(NC(=O)CN(C)C(C)C(=O)NCC(F)(F)F)no1. The highest BCUT2D eigenvalue weighted by molar-refractivity contribution is 5.92. The molecule has 1 heterocycles. The van der Waals surface area contributed by atoms with E-state index in [0.29, 0.717) is 5.76 Å². The molecule has 1 unspecified atom stereocenters. The molecule has 0 saturated carbocycles. The maximum Gasteiger partial charge on any atom is 0.405 e. The van der Waals surface area contributed by atoms with Crippen molar-refractivity contribution in [1.29, 1.82) is 0 Å². The van der Waals surface area contributed by atoms with Crippen LogP contribution in [0.4, 0.5) is 19.0 Å². The van der Waals surface area contributed by atoms with Crippen LogP contribution < -0.4 is 10.6 Å². The molecule has 2 amide bonds. The van der Waals surface area contributed by atoms with Crippen LogP contribution in [0.3, 0.4) is 0 Å². The van der Waals surface area contributed by atoms with E-state index in [1.54, 1.807) is 12.2 Å². The Kier molecular flexibility index (Phi) is 5.92. The van der Waals surface area contributed by atoms with Gasteiger partial charge in [-0.1, -0.05) is 5.16 Å². The summed E-state index contributed by atoms with van der Waals surface area (Å²) in [7, 11) is 1.45. The predicted molar refractivity (Wildman–Crippen MR) is 71.0 cm³/mol. The Morgan fingerprint density at radius 2 is 2.09 bits per heavy atom. The second-order valence-electron chi connectivity index (χ2n) is 4.80. The summed E-state index contributed by atoms with van der Waals surface area (Å²) in [6.07, 6.45) is -4.48. The van der Waals surface area contributed by atoms with E-state index in [4.69, 9.17) is 4.52 Å². The molecule has 0 saturated heterocycles. The number of carbonyl (C=O) groups is 2. The Bertz CT molecular complexity index is 530. The van der Waals surface area contributed by atoms with Gasteiger partial charge in [0.25, 0.3) is 0 Å². The van der Waals surface area contributed by atoms with Gasteiger partial charge in [0, 0.05) is 6.07 Å². The normalized spacial score (nSPS) is 13.0. The quantitative estimate of drug-likeness (QED) is 0.813. The van der Waals surface area contributed by atoms with Crippen molar-refractivity contribution in [2.75, 3.05) is 25.5 Å². The molecule has 1 aromatic heterocycles. The van der Waals surface area contributed by atoms with Crippen LogP contribution in [0.2, 0.25) is 0 Å². The van der Waals surface area contributed by atoms with Crippen LogP contribution in [0.1, 0.15) is 12.7 Å². The van der Waals surface area contributed by atoms with Crippen molar-refractivity contribution < 1.29 is 27.3 Å². The van der Waals surface area contributed by atoms with Gasteiger partial charge >= 0.3 is 6.18 Å². The first-order chi connectivity index (χ1) is 10.1. The first kappa shape index (κ1) is 18.0. The van der Waals surface area contributed by atoms with Gasteiger partial charge in [0.15, 0.2) is 5.82 Å². The first-order valence-electron chi connectivity index (χ1n) is 6.36. The number of rotatable bonds is 6. The van der Waals surface area contributed by atoms with E-state index in [1.807, 2.05) is 0 Å². The zero-order chi connectivity index (χ0) is 16.9. The van der Waals surface area contributed by atoms with Gasteiger partial charge in [-0.25, -0.2) is 0 Å². The van der Waals surface area contributed by atoms with E-state index < -0.39 is 30.6 Å². The van der Waals surface area contributed by atoms with Crippen molar-refractivity contribution in [3.05, 3.63) is 11.8 Å². The van der Waals surface area contributed by atoms with E-state index in [-0.39, 0.29) is 12.4 Å². The minimum atomic E-state index is -4.48. The van der Waals surface area contributed by atoms with Crippen LogP contribution in [0.25, 0.3) is 0 Å². The lowest BCUT2D eigenvalue weighted by Crippen LogP contribution is -2.47. The number of aromatic nitrogens is 1. The second kappa shape index (κ2) is 7.25. The van der Waals surface area contributed by atoms with Gasteiger partial charge in [-0.15, -0.1) is 0 Å². The third kappa shape index (κ3) is 6.12. The first-order valence-corrected chi connectivity index (χ1v) is 6.36. The zero-order valence-corrected chi connectivity index (χ0v) is 12.3. The molecule has 7 nitrogen and oxygen atoms in total. The number of carbonyl (C=O) groups excluding carboxylic acids is 2. The summed E-state index contributed by atoms with van der Waals surface area (Å²) in [5.41, 5.74) is 0. The third-order valence-electron chi connectivity index (χ3n) is 2.79. The number of hydrogen-bond donors (Lipinski definition) is 2. The second-order valence-corrected chi connectivity index (χ2v) is 4.80. The number of hydrogen-bond acceptors (Lipinski definition) is 5. The molecule has 2 N–H and O–H groups in total. The number of alkyl halides is 3. The Morgan fingerprint density at radius 1 is 1.45 bits per heavy atom. The number of nitrogens with zero attached hydrogens (tertiary/aromatic N) is 2. The maximum atomic E-state index is 12.0. The van der Waals surface area contributed by atoms with Gasteiger partial charge in [-0.3, -0.25) is 14.5 Å². The van der Waals surface area contributed by atoms with E-state index in [9.17, 15) is 22.8 Å². The molecule has 0 aliphatic rings. The minimum absolute atomic E-state index is 0.188. The molecule has 0 aliphatic carbocycles. The lowest BCUT2D eigenvalue weighted by atomic mass is 10.2. The summed E-state index contributed by atoms with van der Waals surface area (Å²) in [4.78, 5) is 24.6. The van der Waals surface area contributed by atoms with Crippen molar-refractivity contribution in [1.82, 2.24) is 15.4 Å². The average Bonchev–Trinajstić information content (AvgIpc) is 2.79. The molecule has 0 radical (unpaired) electrons. The molecule has 0 fully saturated rings. The van der Waals surface area contributed by atoms with Crippen LogP contribution in [0.5, 0.6) is 0 Å². The number of amides is 2. The Labute approximate surface area is 124 Å². The summed E-state index contributed by atoms with van der Waals surface area (Å²) in [6, 6.07) is 0.615. The number of halogens is 3. The van der Waals surface area contributed by atoms with Crippen LogP contribution in [0, 0.1) is 6.92 Å². The van der Waals surface area contributed by atoms with Gasteiger partial charge in [0.2, 0.25) is 11.8 Å². The molecule has 10 heteroatoms. The summed E-state index contributed by atoms with van der Waals surface area (Å²) < 4.78 is 40.9. The van der Waals surface area contributed by atoms with Crippen molar-refractivity contribution in [3.8, 4) is 0 Å². The fourth-order valence-electron chi connectivity index (χ4n) is 1.51. The van der Waals surface area contributed by atoms with Crippen LogP contribution in [-0.2, 0) is 9.59 Å². The molecule has 1 atom stereocenters. The Balaban J connectivity index is 2.44. The summed E-state index contributed by atoms with van der Waals surface area (Å²) in [5.74, 6) is -0.537. The standard InChI is InChI=1S/C12H17F3N4O3/c1-7-4-9(18-22-7)17-10(20)5-19(3)8(2)11(21)16-6-12(13,14)15/h4,8H,5-6H2,1-3H3,(H,16,21)(H,17,18,20). The van der Waals surface area contributed by atoms with Crippen LogP contribution in [-0.4, -0.2) is 54.2 Å². The van der Waals surface area contributed by atoms with Crippen molar-refractivity contribution in [3.63, 3.8) is 0 Å². The van der Waals surface area contributed by atoms with Crippen molar-refractivity contribution in [2.45, 2.75) is 26.1 Å². The molecule has 0 spiro atoms. The number of likely N-dealkylation sites (N-methyl/N-ethyl adjacent to an activating group) is 1. The summed E-state index contributed by atoms with van der Waals surface area (Å²) in [6.45, 7) is 1.46. The molecule has 22 heavy (non-hydrogen) atoms. The largest absolute Gasteiger partial charge is 0.405 e. The van der Waals surface area contributed by atoms with Crippen molar-refractivity contribution >= 4 is 17.6 Å². The minimum Gasteiger partial charge on any atom is -0.360 e. The van der Waals surface area contributed by atoms with E-state index >= 15 is 0 Å². The predicted octanol–water partition coefficient (Wildman–Crippen LogP) is 0.920.